The molecule has 5 heteroatoms. The summed E-state index contributed by atoms with van der Waals surface area (Å²) in [6.45, 7) is 1.83. The van der Waals surface area contributed by atoms with Crippen molar-refractivity contribution < 1.29 is 25.2 Å². The number of hydrogen-bond donors (Lipinski definition) is 4. The van der Waals surface area contributed by atoms with Crippen LogP contribution in [0.3, 0.4) is 0 Å². The minimum atomic E-state index is -1.28. The Kier molecular flexibility index (Phi) is 4.37. The van der Waals surface area contributed by atoms with Crippen LogP contribution in [-0.4, -0.2) is 26.4 Å². The average molecular weight is 250 g/mol. The fraction of sp³-hybridized carbons (Fsp3) is 0.154. The maximum atomic E-state index is 11.0. The molecule has 0 bridgehead atoms. The summed E-state index contributed by atoms with van der Waals surface area (Å²) in [6.07, 6.45) is 7.00. The van der Waals surface area contributed by atoms with Gasteiger partial charge in [0.2, 0.25) is 5.75 Å². The maximum absolute atomic E-state index is 11.0. The average Bonchev–Trinajstić information content (AvgIpc) is 2.33. The minimum Gasteiger partial charge on any atom is -0.504 e. The monoisotopic (exact) mass is 250 g/mol. The molecule has 1 aromatic carbocycles. The predicted molar refractivity (Wildman–Crippen MR) is 66.1 cm³/mol. The zero-order valence-corrected chi connectivity index (χ0v) is 9.79. The summed E-state index contributed by atoms with van der Waals surface area (Å²) < 4.78 is 0. The van der Waals surface area contributed by atoms with Crippen molar-refractivity contribution in [3.8, 4) is 17.2 Å². The molecule has 0 saturated heterocycles. The highest BCUT2D eigenvalue weighted by Crippen LogP contribution is 2.39. The summed E-state index contributed by atoms with van der Waals surface area (Å²) >= 11 is 0. The largest absolute Gasteiger partial charge is 0.504 e. The second kappa shape index (κ2) is 5.77. The van der Waals surface area contributed by atoms with Gasteiger partial charge >= 0.3 is 5.97 Å². The number of carbonyl (C=O) groups is 1. The van der Waals surface area contributed by atoms with Crippen LogP contribution in [0.2, 0.25) is 0 Å². The first-order valence-electron chi connectivity index (χ1n) is 5.27. The van der Waals surface area contributed by atoms with Crippen LogP contribution < -0.4 is 0 Å². The Morgan fingerprint density at radius 2 is 1.89 bits per heavy atom. The molecule has 0 aromatic heterocycles. The molecule has 0 radical (unpaired) electrons. The van der Waals surface area contributed by atoms with Crippen LogP contribution >= 0.6 is 0 Å². The fourth-order valence-electron chi connectivity index (χ4n) is 1.46. The quantitative estimate of drug-likeness (QED) is 0.485. The van der Waals surface area contributed by atoms with E-state index in [0.29, 0.717) is 0 Å². The SMILES string of the molecule is CC=CC=CCc1c(C(=O)O)cc(O)c(O)c1O. The van der Waals surface area contributed by atoms with E-state index in [-0.39, 0.29) is 17.5 Å². The highest BCUT2D eigenvalue weighted by atomic mass is 16.4. The lowest BCUT2D eigenvalue weighted by Crippen LogP contribution is -2.02. The molecule has 0 unspecified atom stereocenters. The van der Waals surface area contributed by atoms with Gasteiger partial charge in [0.1, 0.15) is 0 Å². The number of aromatic hydroxyl groups is 3. The van der Waals surface area contributed by atoms with E-state index in [1.54, 1.807) is 24.3 Å². The van der Waals surface area contributed by atoms with Crippen LogP contribution in [0.1, 0.15) is 22.8 Å². The van der Waals surface area contributed by atoms with Crippen molar-refractivity contribution in [1.82, 2.24) is 0 Å². The van der Waals surface area contributed by atoms with Gasteiger partial charge in [0.15, 0.2) is 11.5 Å². The number of rotatable bonds is 4. The lowest BCUT2D eigenvalue weighted by Gasteiger charge is -2.09. The van der Waals surface area contributed by atoms with Crippen molar-refractivity contribution >= 4 is 5.97 Å². The van der Waals surface area contributed by atoms with Gasteiger partial charge in [-0.15, -0.1) is 0 Å². The number of phenolic OH excluding ortho intramolecular Hbond substituents is 3. The molecule has 4 N–H and O–H groups in total. The fourth-order valence-corrected chi connectivity index (χ4v) is 1.46. The highest BCUT2D eigenvalue weighted by Gasteiger charge is 2.19. The molecule has 1 rings (SSSR count). The van der Waals surface area contributed by atoms with E-state index in [4.69, 9.17) is 5.11 Å². The summed E-state index contributed by atoms with van der Waals surface area (Å²) in [5.74, 6) is -3.27. The molecule has 0 aliphatic carbocycles. The van der Waals surface area contributed by atoms with E-state index < -0.39 is 23.2 Å². The molecule has 0 aliphatic heterocycles. The Balaban J connectivity index is 3.23. The number of allylic oxidation sites excluding steroid dienone is 4. The van der Waals surface area contributed by atoms with Crippen LogP contribution in [0, 0.1) is 0 Å². The van der Waals surface area contributed by atoms with E-state index in [1.165, 1.54) is 0 Å². The first kappa shape index (κ1) is 13.6. The number of hydrogen-bond acceptors (Lipinski definition) is 4. The zero-order valence-electron chi connectivity index (χ0n) is 9.79. The third-order valence-electron chi connectivity index (χ3n) is 2.35. The third-order valence-corrected chi connectivity index (χ3v) is 2.35. The Morgan fingerprint density at radius 3 is 2.44 bits per heavy atom. The molecule has 0 heterocycles. The molecule has 0 fully saturated rings. The van der Waals surface area contributed by atoms with Gasteiger partial charge in [0.25, 0.3) is 0 Å². The van der Waals surface area contributed by atoms with Crippen LogP contribution in [-0.2, 0) is 6.42 Å². The summed E-state index contributed by atoms with van der Waals surface area (Å²) in [7, 11) is 0. The topological polar surface area (TPSA) is 98.0 Å². The van der Waals surface area contributed by atoms with Gasteiger partial charge in [-0.05, 0) is 19.4 Å². The molecular formula is C13H14O5. The van der Waals surface area contributed by atoms with Gasteiger partial charge in [-0.1, -0.05) is 24.3 Å². The molecule has 0 saturated carbocycles. The lowest BCUT2D eigenvalue weighted by atomic mass is 10.0. The molecule has 0 spiro atoms. The minimum absolute atomic E-state index is 0.0542. The van der Waals surface area contributed by atoms with E-state index in [9.17, 15) is 20.1 Å². The summed E-state index contributed by atoms with van der Waals surface area (Å²) in [4.78, 5) is 11.0. The Hall–Kier alpha value is -2.43. The number of benzene rings is 1. The second-order valence-electron chi connectivity index (χ2n) is 3.58. The van der Waals surface area contributed by atoms with Crippen LogP contribution in [0.4, 0.5) is 0 Å². The molecule has 0 aliphatic rings. The van der Waals surface area contributed by atoms with E-state index in [0.717, 1.165) is 6.07 Å². The van der Waals surface area contributed by atoms with Crippen molar-refractivity contribution in [3.05, 3.63) is 41.5 Å². The van der Waals surface area contributed by atoms with Gasteiger partial charge in [-0.25, -0.2) is 4.79 Å². The normalized spacial score (nSPS) is 11.4. The standard InChI is InChI=1S/C13H14O5/c1-2-3-4-5-6-8-9(13(17)18)7-10(14)12(16)11(8)15/h2-5,7,14-16H,6H2,1H3,(H,17,18). The van der Waals surface area contributed by atoms with Crippen LogP contribution in [0.5, 0.6) is 17.2 Å². The molecule has 18 heavy (non-hydrogen) atoms. The predicted octanol–water partition coefficient (Wildman–Crippen LogP) is 2.18. The molecule has 0 amide bonds. The number of aromatic carboxylic acids is 1. The second-order valence-corrected chi connectivity index (χ2v) is 3.58. The van der Waals surface area contributed by atoms with Gasteiger partial charge < -0.3 is 20.4 Å². The van der Waals surface area contributed by atoms with Crippen molar-refractivity contribution in [2.45, 2.75) is 13.3 Å². The van der Waals surface area contributed by atoms with Crippen molar-refractivity contribution in [1.29, 1.82) is 0 Å². The Labute approximate surface area is 104 Å². The Morgan fingerprint density at radius 1 is 1.22 bits per heavy atom. The Bertz CT molecular complexity index is 515. The van der Waals surface area contributed by atoms with Gasteiger partial charge in [0.05, 0.1) is 5.56 Å². The summed E-state index contributed by atoms with van der Waals surface area (Å²) in [6, 6.07) is 0.913. The van der Waals surface area contributed by atoms with Gasteiger partial charge in [-0.2, -0.15) is 0 Å². The lowest BCUT2D eigenvalue weighted by molar-refractivity contribution is 0.0694. The molecular weight excluding hydrogens is 236 g/mol. The highest BCUT2D eigenvalue weighted by molar-refractivity contribution is 5.91. The third kappa shape index (κ3) is 2.82. The van der Waals surface area contributed by atoms with E-state index >= 15 is 0 Å². The van der Waals surface area contributed by atoms with E-state index in [1.807, 2.05) is 6.92 Å². The molecule has 0 atom stereocenters. The number of phenols is 3. The van der Waals surface area contributed by atoms with Crippen LogP contribution in [0.15, 0.2) is 30.4 Å². The van der Waals surface area contributed by atoms with Crippen molar-refractivity contribution in [2.75, 3.05) is 0 Å². The first-order chi connectivity index (χ1) is 8.49. The van der Waals surface area contributed by atoms with Crippen LogP contribution in [0.25, 0.3) is 0 Å². The smallest absolute Gasteiger partial charge is 0.336 e. The molecule has 5 nitrogen and oxygen atoms in total. The van der Waals surface area contributed by atoms with Gasteiger partial charge in [0, 0.05) is 5.56 Å². The summed E-state index contributed by atoms with van der Waals surface area (Å²) in [5, 5.41) is 37.2. The summed E-state index contributed by atoms with van der Waals surface area (Å²) in [5.41, 5.74) is -0.188. The zero-order chi connectivity index (χ0) is 13.7. The van der Waals surface area contributed by atoms with Crippen molar-refractivity contribution in [2.24, 2.45) is 0 Å². The van der Waals surface area contributed by atoms with Crippen molar-refractivity contribution in [3.63, 3.8) is 0 Å². The molecule has 96 valence electrons. The van der Waals surface area contributed by atoms with Gasteiger partial charge in [-0.3, -0.25) is 0 Å². The number of carboxylic acids is 1. The first-order valence-corrected chi connectivity index (χ1v) is 5.27. The molecule has 1 aromatic rings. The number of carboxylic acid groups (broad SMARTS) is 1. The van der Waals surface area contributed by atoms with E-state index in [2.05, 4.69) is 0 Å². The maximum Gasteiger partial charge on any atom is 0.336 e.